The van der Waals surface area contributed by atoms with Gasteiger partial charge in [0.1, 0.15) is 36.1 Å². The number of aromatic nitrogens is 1. The van der Waals surface area contributed by atoms with Gasteiger partial charge in [0.25, 0.3) is 0 Å². The van der Waals surface area contributed by atoms with Crippen LogP contribution in [0.2, 0.25) is 0 Å². The highest BCUT2D eigenvalue weighted by atomic mass is 16.6. The first-order valence-electron chi connectivity index (χ1n) is 20.7. The molecule has 5 aromatic carbocycles. The van der Waals surface area contributed by atoms with Gasteiger partial charge in [0, 0.05) is 55.1 Å². The molecule has 3 aliphatic rings. The lowest BCUT2D eigenvalue weighted by molar-refractivity contribution is -0.938. The molecule has 9 rings (SSSR count). The first kappa shape index (κ1) is 39.4. The molecule has 6 atom stereocenters. The van der Waals surface area contributed by atoms with E-state index in [4.69, 9.17) is 9.47 Å². The van der Waals surface area contributed by atoms with E-state index in [1.54, 1.807) is 12.1 Å². The third kappa shape index (κ3) is 8.11. The summed E-state index contributed by atoms with van der Waals surface area (Å²) in [6, 6.07) is 34.8. The van der Waals surface area contributed by atoms with Gasteiger partial charge in [0.05, 0.1) is 31.4 Å². The van der Waals surface area contributed by atoms with Crippen molar-refractivity contribution in [3.8, 4) is 16.9 Å². The number of aryl methyl sites for hydroxylation is 1. The fourth-order valence-electron chi connectivity index (χ4n) is 9.48. The lowest BCUT2D eigenvalue weighted by Crippen LogP contribution is -2.60. The smallest absolute Gasteiger partial charge is 0.411 e. The Morgan fingerprint density at radius 1 is 0.867 bits per heavy atom. The van der Waals surface area contributed by atoms with Crippen LogP contribution in [0.3, 0.4) is 0 Å². The van der Waals surface area contributed by atoms with Crippen LogP contribution < -0.4 is 21.5 Å². The van der Waals surface area contributed by atoms with Crippen LogP contribution in [-0.4, -0.2) is 82.7 Å². The second-order valence-corrected chi connectivity index (χ2v) is 16.9. The number of fused-ring (bicyclic) bond motifs is 7. The topological polar surface area (TPSA) is 165 Å². The number of likely N-dealkylation sites (N-methyl/N-ethyl adjacent to an activating group) is 1. The number of hydrogen-bond donors (Lipinski definition) is 6. The van der Waals surface area contributed by atoms with Crippen LogP contribution in [0.25, 0.3) is 32.8 Å². The highest BCUT2D eigenvalue weighted by Crippen LogP contribution is 2.51. The number of epoxide rings is 1. The Labute approximate surface area is 347 Å². The second kappa shape index (κ2) is 16.2. The number of piperidine rings is 1. The normalized spacial score (nSPS) is 21.6. The fourth-order valence-corrected chi connectivity index (χ4v) is 9.48. The number of aliphatic hydroxyl groups excluding tert-OH is 1. The molecule has 12 heteroatoms. The molecule has 3 fully saturated rings. The van der Waals surface area contributed by atoms with Gasteiger partial charge in [-0.05, 0) is 88.3 Å². The number of aromatic amines is 1. The standard InChI is InChI=1S/C48H49N5O7/c1-53(2)39-24-34(25-40(53)47-46(39)60-47)59-48(58)51-38-18-12-28(22-37(38)30-8-4-3-5-9-30)7-6-10-43(56)50-33-15-14-31-21-29(11-13-32(31)23-33)26-49-27-42(55)35-16-19-41(54)45-36(35)17-20-44(57)52-45/h3-5,8-9,11-23,34,39-40,42,46-47,49,55H,6-7,10,24-27H2,1-2H3,(H3-,50,51,52,54,56,57,58)/p+1/t34?,39-,40+,42-,46-,47+/m0/s1. The number of quaternary nitrogens is 1. The Balaban J connectivity index is 0.766. The number of rotatable bonds is 13. The zero-order valence-corrected chi connectivity index (χ0v) is 33.7. The van der Waals surface area contributed by atoms with Gasteiger partial charge in [-0.3, -0.25) is 14.9 Å². The van der Waals surface area contributed by atoms with E-state index in [2.05, 4.69) is 47.2 Å². The molecule has 60 heavy (non-hydrogen) atoms. The van der Waals surface area contributed by atoms with Crippen molar-refractivity contribution in [2.75, 3.05) is 31.3 Å². The Morgan fingerprint density at radius 3 is 2.42 bits per heavy atom. The number of aliphatic hydroxyl groups is 1. The summed E-state index contributed by atoms with van der Waals surface area (Å²) in [4.78, 5) is 40.7. The maximum absolute atomic E-state index is 13.2. The van der Waals surface area contributed by atoms with Crippen molar-refractivity contribution < 1.29 is 33.8 Å². The number of amides is 2. The number of nitrogens with one attached hydrogen (secondary N) is 4. The van der Waals surface area contributed by atoms with Gasteiger partial charge in [-0.25, -0.2) is 4.79 Å². The van der Waals surface area contributed by atoms with Crippen molar-refractivity contribution in [2.45, 2.75) is 75.1 Å². The quantitative estimate of drug-likeness (QED) is 0.0530. The van der Waals surface area contributed by atoms with E-state index >= 15 is 0 Å². The van der Waals surface area contributed by atoms with Crippen LogP contribution in [0.4, 0.5) is 16.2 Å². The summed E-state index contributed by atoms with van der Waals surface area (Å²) in [6.07, 6.45) is 2.47. The van der Waals surface area contributed by atoms with E-state index in [1.807, 2.05) is 72.8 Å². The van der Waals surface area contributed by atoms with Crippen LogP contribution in [-0.2, 0) is 27.2 Å². The molecular formula is C48H50N5O7+. The zero-order valence-electron chi connectivity index (χ0n) is 33.7. The summed E-state index contributed by atoms with van der Waals surface area (Å²) in [6.45, 7) is 0.791. The number of phenolic OH excluding ortho intramolecular Hbond substituents is 1. The Kier molecular flexibility index (Phi) is 10.6. The summed E-state index contributed by atoms with van der Waals surface area (Å²) in [7, 11) is 4.52. The Hall–Kier alpha value is -6.05. The van der Waals surface area contributed by atoms with Crippen molar-refractivity contribution in [1.82, 2.24) is 10.3 Å². The molecular weight excluding hydrogens is 759 g/mol. The third-order valence-electron chi connectivity index (χ3n) is 12.7. The van der Waals surface area contributed by atoms with Crippen molar-refractivity contribution in [3.63, 3.8) is 0 Å². The highest BCUT2D eigenvalue weighted by Gasteiger charge is 2.70. The number of H-pyrrole nitrogens is 1. The molecule has 12 nitrogen and oxygen atoms in total. The number of benzene rings is 5. The van der Waals surface area contributed by atoms with E-state index in [0.717, 1.165) is 56.0 Å². The largest absolute Gasteiger partial charge is 0.506 e. The third-order valence-corrected chi connectivity index (χ3v) is 12.7. The number of nitrogens with zero attached hydrogens (tertiary/aromatic N) is 1. The molecule has 0 aliphatic carbocycles. The molecule has 0 spiro atoms. The van der Waals surface area contributed by atoms with Gasteiger partial charge < -0.3 is 39.8 Å². The zero-order chi connectivity index (χ0) is 41.5. The summed E-state index contributed by atoms with van der Waals surface area (Å²) in [5.74, 6) is -0.109. The molecule has 1 unspecified atom stereocenters. The van der Waals surface area contributed by atoms with Gasteiger partial charge in [-0.2, -0.15) is 0 Å². The van der Waals surface area contributed by atoms with Crippen molar-refractivity contribution in [1.29, 1.82) is 0 Å². The van der Waals surface area contributed by atoms with Gasteiger partial charge in [0.15, 0.2) is 0 Å². The molecule has 1 aromatic heterocycles. The highest BCUT2D eigenvalue weighted by molar-refractivity contribution is 5.95. The Morgan fingerprint density at radius 2 is 1.62 bits per heavy atom. The molecule has 0 radical (unpaired) electrons. The number of morpholine rings is 1. The van der Waals surface area contributed by atoms with E-state index in [0.29, 0.717) is 72.3 Å². The molecule has 6 N–H and O–H groups in total. The number of anilines is 2. The van der Waals surface area contributed by atoms with E-state index in [9.17, 15) is 24.6 Å². The maximum Gasteiger partial charge on any atom is 0.411 e. The number of hydrogen-bond acceptors (Lipinski definition) is 8. The first-order chi connectivity index (χ1) is 29.0. The number of carbonyl (C=O) groups excluding carboxylic acids is 2. The van der Waals surface area contributed by atoms with Crippen LogP contribution in [0, 0.1) is 0 Å². The number of aromatic hydroxyl groups is 1. The molecule has 2 bridgehead atoms. The number of pyridine rings is 1. The van der Waals surface area contributed by atoms with E-state index in [-0.39, 0.29) is 29.9 Å². The predicted octanol–water partition coefficient (Wildman–Crippen LogP) is 7.14. The SMILES string of the molecule is C[N+]1(C)[C@@H]2CC(OC(=O)Nc3ccc(CCCC(=O)Nc4ccc5cc(CNC[C@H](O)c6ccc(O)c7[nH]c(=O)ccc67)ccc5c4)cc3-c3ccccc3)C[C@H]1[C@@H]1O[C@@H]12. The number of carbonyl (C=O) groups is 2. The minimum Gasteiger partial charge on any atom is -0.506 e. The van der Waals surface area contributed by atoms with Gasteiger partial charge in [-0.15, -0.1) is 0 Å². The molecule has 3 saturated heterocycles. The minimum atomic E-state index is -0.853. The molecule has 3 aliphatic heterocycles. The lowest BCUT2D eigenvalue weighted by atomic mass is 9.96. The first-order valence-corrected chi connectivity index (χ1v) is 20.7. The van der Waals surface area contributed by atoms with Crippen LogP contribution in [0.1, 0.15) is 48.5 Å². The second-order valence-electron chi connectivity index (χ2n) is 16.9. The van der Waals surface area contributed by atoms with Crippen LogP contribution >= 0.6 is 0 Å². The van der Waals surface area contributed by atoms with Crippen molar-refractivity contribution in [3.05, 3.63) is 136 Å². The van der Waals surface area contributed by atoms with Gasteiger partial charge in [-0.1, -0.05) is 60.7 Å². The van der Waals surface area contributed by atoms with E-state index < -0.39 is 12.2 Å². The molecule has 308 valence electrons. The maximum atomic E-state index is 13.2. The summed E-state index contributed by atoms with van der Waals surface area (Å²) >= 11 is 0. The summed E-state index contributed by atoms with van der Waals surface area (Å²) in [5.41, 5.74) is 5.99. The van der Waals surface area contributed by atoms with Gasteiger partial charge >= 0.3 is 6.09 Å². The monoisotopic (exact) mass is 808 g/mol. The van der Waals surface area contributed by atoms with Crippen molar-refractivity contribution >= 4 is 45.1 Å². The molecule has 0 saturated carbocycles. The predicted molar refractivity (Wildman–Crippen MR) is 232 cm³/mol. The van der Waals surface area contributed by atoms with Gasteiger partial charge in [0.2, 0.25) is 11.5 Å². The average molecular weight is 809 g/mol. The fraction of sp³-hybridized carbons (Fsp3) is 0.312. The lowest BCUT2D eigenvalue weighted by Gasteiger charge is -2.45. The van der Waals surface area contributed by atoms with Crippen LogP contribution in [0.5, 0.6) is 5.75 Å². The van der Waals surface area contributed by atoms with Crippen LogP contribution in [0.15, 0.2) is 114 Å². The number of phenols is 1. The Bertz CT molecular complexity index is 2630. The van der Waals surface area contributed by atoms with Crippen molar-refractivity contribution in [2.24, 2.45) is 0 Å². The molecule has 2 amide bonds. The number of ether oxygens (including phenoxy) is 2. The van der Waals surface area contributed by atoms with E-state index in [1.165, 1.54) is 12.1 Å². The average Bonchev–Trinajstić information content (AvgIpc) is 4.01. The molecule has 4 heterocycles. The molecule has 6 aromatic rings. The minimum absolute atomic E-state index is 0.0472. The summed E-state index contributed by atoms with van der Waals surface area (Å²) < 4.78 is 12.8. The summed E-state index contributed by atoms with van der Waals surface area (Å²) in [5, 5.41) is 33.1.